The van der Waals surface area contributed by atoms with Gasteiger partial charge in [-0.2, -0.15) is 0 Å². The number of nitrogens with one attached hydrogen (secondary N) is 1. The molecule has 2 aliphatic rings. The molecule has 3 atom stereocenters. The van der Waals surface area contributed by atoms with E-state index in [0.29, 0.717) is 42.9 Å². The van der Waals surface area contributed by atoms with Gasteiger partial charge in [0, 0.05) is 30.7 Å². The molecule has 0 bridgehead atoms. The Hall–Kier alpha value is -1.24. The summed E-state index contributed by atoms with van der Waals surface area (Å²) in [5.74, 6) is 0.776. The van der Waals surface area contributed by atoms with Crippen LogP contribution in [0, 0.1) is 11.8 Å². The molecule has 2 rings (SSSR count). The topological polar surface area (TPSA) is 92.5 Å². The lowest BCUT2D eigenvalue weighted by Crippen LogP contribution is -2.45. The summed E-state index contributed by atoms with van der Waals surface area (Å²) in [6.07, 6.45) is 12.9. The average molecular weight is 440 g/mol. The van der Waals surface area contributed by atoms with Crippen LogP contribution in [0.1, 0.15) is 84.5 Å². The van der Waals surface area contributed by atoms with Crippen molar-refractivity contribution in [2.45, 2.75) is 95.8 Å². The van der Waals surface area contributed by atoms with Crippen molar-refractivity contribution in [3.63, 3.8) is 0 Å². The number of hydrogen-bond donors (Lipinski definition) is 2. The van der Waals surface area contributed by atoms with E-state index in [9.17, 15) is 14.4 Å². The number of carbonyl (C=O) groups excluding carboxylic acids is 3. The Morgan fingerprint density at radius 1 is 1.13 bits per heavy atom. The molecule has 7 heteroatoms. The Morgan fingerprint density at radius 2 is 1.73 bits per heavy atom. The maximum absolute atomic E-state index is 12.4. The summed E-state index contributed by atoms with van der Waals surface area (Å²) in [6, 6.07) is -0.535. The summed E-state index contributed by atoms with van der Waals surface area (Å²) in [5.41, 5.74) is 5.42. The van der Waals surface area contributed by atoms with E-state index in [-0.39, 0.29) is 17.7 Å². The van der Waals surface area contributed by atoms with Crippen molar-refractivity contribution in [1.82, 2.24) is 10.2 Å². The van der Waals surface area contributed by atoms with Crippen molar-refractivity contribution in [3.8, 4) is 0 Å². The molecule has 3 amide bonds. The van der Waals surface area contributed by atoms with Gasteiger partial charge in [-0.25, -0.2) is 0 Å². The first-order valence-corrected chi connectivity index (χ1v) is 12.9. The number of amides is 3. The zero-order valence-electron chi connectivity index (χ0n) is 18.9. The number of rotatable bonds is 9. The van der Waals surface area contributed by atoms with Crippen LogP contribution in [0.15, 0.2) is 0 Å². The number of likely N-dealkylation sites (tertiary alicyclic amines) is 1. The fraction of sp³-hybridized carbons (Fsp3) is 0.870. The molecular weight excluding hydrogens is 398 g/mol. The molecule has 2 fully saturated rings. The second-order valence-corrected chi connectivity index (χ2v) is 10.4. The van der Waals surface area contributed by atoms with Crippen molar-refractivity contribution in [2.24, 2.45) is 17.6 Å². The summed E-state index contributed by atoms with van der Waals surface area (Å²) in [6.45, 7) is 5.10. The van der Waals surface area contributed by atoms with E-state index in [4.69, 9.17) is 5.73 Å². The monoisotopic (exact) mass is 439 g/mol. The highest BCUT2D eigenvalue weighted by molar-refractivity contribution is 8.00. The first kappa shape index (κ1) is 25.0. The van der Waals surface area contributed by atoms with Gasteiger partial charge in [-0.05, 0) is 25.2 Å². The van der Waals surface area contributed by atoms with E-state index in [1.54, 1.807) is 16.7 Å². The predicted molar refractivity (Wildman–Crippen MR) is 123 cm³/mol. The zero-order valence-corrected chi connectivity index (χ0v) is 19.7. The molecule has 1 aliphatic heterocycles. The summed E-state index contributed by atoms with van der Waals surface area (Å²) < 4.78 is 0. The van der Waals surface area contributed by atoms with Crippen molar-refractivity contribution >= 4 is 29.5 Å². The number of thioether (sulfide) groups is 1. The van der Waals surface area contributed by atoms with Crippen molar-refractivity contribution in [1.29, 1.82) is 0 Å². The molecule has 0 spiro atoms. The minimum Gasteiger partial charge on any atom is -0.368 e. The van der Waals surface area contributed by atoms with E-state index in [0.717, 1.165) is 0 Å². The third-order valence-electron chi connectivity index (χ3n) is 6.71. The molecule has 3 N–H and O–H groups in total. The van der Waals surface area contributed by atoms with Gasteiger partial charge in [0.15, 0.2) is 0 Å². The largest absolute Gasteiger partial charge is 0.368 e. The van der Waals surface area contributed by atoms with E-state index in [1.165, 1.54) is 57.8 Å². The molecule has 1 saturated heterocycles. The highest BCUT2D eigenvalue weighted by Crippen LogP contribution is 2.30. The highest BCUT2D eigenvalue weighted by Gasteiger charge is 2.36. The lowest BCUT2D eigenvalue weighted by atomic mass is 9.90. The summed E-state index contributed by atoms with van der Waals surface area (Å²) >= 11 is 1.76. The Morgan fingerprint density at radius 3 is 2.30 bits per heavy atom. The van der Waals surface area contributed by atoms with Crippen molar-refractivity contribution < 1.29 is 14.4 Å². The van der Waals surface area contributed by atoms with Crippen LogP contribution in [-0.4, -0.2) is 52.8 Å². The molecule has 1 aliphatic carbocycles. The number of nitrogens with two attached hydrogens (primary N) is 1. The third-order valence-corrected chi connectivity index (χ3v) is 8.05. The average Bonchev–Trinajstić information content (AvgIpc) is 3.09. The molecule has 1 heterocycles. The van der Waals surface area contributed by atoms with Gasteiger partial charge in [0.2, 0.25) is 17.7 Å². The second-order valence-electron chi connectivity index (χ2n) is 9.08. The number of primary amides is 1. The van der Waals surface area contributed by atoms with Gasteiger partial charge in [0.05, 0.1) is 5.75 Å². The molecule has 3 unspecified atom stereocenters. The van der Waals surface area contributed by atoms with Crippen LogP contribution in [0.25, 0.3) is 0 Å². The number of hydrogen-bond acceptors (Lipinski definition) is 4. The van der Waals surface area contributed by atoms with Gasteiger partial charge in [-0.15, -0.1) is 11.8 Å². The van der Waals surface area contributed by atoms with E-state index in [1.807, 2.05) is 6.92 Å². The Bertz CT molecular complexity index is 562. The van der Waals surface area contributed by atoms with E-state index in [2.05, 4.69) is 12.2 Å². The first-order chi connectivity index (χ1) is 14.4. The van der Waals surface area contributed by atoms with Crippen LogP contribution in [0.4, 0.5) is 0 Å². The Kier molecular flexibility index (Phi) is 11.0. The quantitative estimate of drug-likeness (QED) is 0.575. The second kappa shape index (κ2) is 13.2. The smallest absolute Gasteiger partial charge is 0.240 e. The third kappa shape index (κ3) is 8.12. The lowest BCUT2D eigenvalue weighted by Gasteiger charge is -2.25. The van der Waals surface area contributed by atoms with Gasteiger partial charge in [-0.1, -0.05) is 58.8 Å². The van der Waals surface area contributed by atoms with Crippen LogP contribution >= 0.6 is 11.8 Å². The maximum atomic E-state index is 12.4. The number of nitrogens with zero attached hydrogens (tertiary/aromatic N) is 1. The van der Waals surface area contributed by atoms with Crippen molar-refractivity contribution in [2.75, 3.05) is 18.8 Å². The van der Waals surface area contributed by atoms with Gasteiger partial charge >= 0.3 is 0 Å². The van der Waals surface area contributed by atoms with E-state index < -0.39 is 11.9 Å². The van der Waals surface area contributed by atoms with Gasteiger partial charge in [0.25, 0.3) is 0 Å². The fourth-order valence-electron chi connectivity index (χ4n) is 4.78. The fourth-order valence-corrected chi connectivity index (χ4v) is 5.85. The molecule has 0 aromatic heterocycles. The lowest BCUT2D eigenvalue weighted by molar-refractivity contribution is -0.136. The SMILES string of the molecule is CCC(C(N)=O)N1CC(CNC(=O)CSC(C)C2CCCCCCCCC2)CC1=O. The van der Waals surface area contributed by atoms with Crippen LogP contribution in [-0.2, 0) is 14.4 Å². The molecular formula is C23H41N3O3S. The van der Waals surface area contributed by atoms with Crippen LogP contribution in [0.3, 0.4) is 0 Å². The molecule has 1 saturated carbocycles. The highest BCUT2D eigenvalue weighted by atomic mass is 32.2. The summed E-state index contributed by atoms with van der Waals surface area (Å²) in [7, 11) is 0. The van der Waals surface area contributed by atoms with Gasteiger partial charge < -0.3 is 16.0 Å². The van der Waals surface area contributed by atoms with Crippen molar-refractivity contribution in [3.05, 3.63) is 0 Å². The van der Waals surface area contributed by atoms with Crippen LogP contribution < -0.4 is 11.1 Å². The van der Waals surface area contributed by atoms with Crippen LogP contribution in [0.5, 0.6) is 0 Å². The standard InChI is InChI=1S/C23H41N3O3S/c1-3-20(23(24)29)26-15-18(13-22(26)28)14-25-21(27)16-30-17(2)19-11-9-7-5-4-6-8-10-12-19/h17-20H,3-16H2,1-2H3,(H2,24,29)(H,25,27). The molecule has 0 radical (unpaired) electrons. The van der Waals surface area contributed by atoms with E-state index >= 15 is 0 Å². The van der Waals surface area contributed by atoms with Gasteiger partial charge in [-0.3, -0.25) is 14.4 Å². The maximum Gasteiger partial charge on any atom is 0.240 e. The first-order valence-electron chi connectivity index (χ1n) is 11.9. The molecule has 30 heavy (non-hydrogen) atoms. The molecule has 172 valence electrons. The molecule has 6 nitrogen and oxygen atoms in total. The van der Waals surface area contributed by atoms with Gasteiger partial charge in [0.1, 0.15) is 6.04 Å². The minimum atomic E-state index is -0.535. The Labute approximate surface area is 186 Å². The summed E-state index contributed by atoms with van der Waals surface area (Å²) in [5, 5.41) is 3.50. The molecule has 0 aromatic rings. The minimum absolute atomic E-state index is 0.0413. The zero-order chi connectivity index (χ0) is 21.9. The Balaban J connectivity index is 1.70. The summed E-state index contributed by atoms with van der Waals surface area (Å²) in [4.78, 5) is 37.7. The predicted octanol–water partition coefficient (Wildman–Crippen LogP) is 3.48. The normalized spacial score (nSPS) is 23.7. The van der Waals surface area contributed by atoms with Crippen LogP contribution in [0.2, 0.25) is 0 Å². The number of carbonyl (C=O) groups is 3. The molecule has 0 aromatic carbocycles.